The Morgan fingerprint density at radius 3 is 2.96 bits per heavy atom. The number of likely N-dealkylation sites (tertiary alicyclic amines) is 1. The number of aromatic nitrogens is 2. The van der Waals surface area contributed by atoms with Gasteiger partial charge in [0.1, 0.15) is 6.04 Å². The molecule has 0 spiro atoms. The average molecular weight is 360 g/mol. The molecule has 1 aliphatic heterocycles. The molecule has 0 bridgehead atoms. The van der Waals surface area contributed by atoms with Gasteiger partial charge in [-0.05, 0) is 37.0 Å². The number of nitrogens with zero attached hydrogens (tertiary/aromatic N) is 3. The van der Waals surface area contributed by atoms with E-state index in [4.69, 9.17) is 0 Å². The van der Waals surface area contributed by atoms with E-state index in [1.54, 1.807) is 11.8 Å². The second-order valence-electron chi connectivity index (χ2n) is 6.40. The van der Waals surface area contributed by atoms with E-state index < -0.39 is 6.04 Å². The Hall–Kier alpha value is -2.02. The number of thioether (sulfide) groups is 1. The Morgan fingerprint density at radius 1 is 1.40 bits per heavy atom. The number of hydrogen-bond donors (Lipinski definition) is 1. The molecule has 2 amide bonds. The fraction of sp³-hybridized carbons (Fsp3) is 0.500. The Balaban J connectivity index is 1.70. The van der Waals surface area contributed by atoms with Crippen molar-refractivity contribution in [2.45, 2.75) is 31.8 Å². The molecule has 2 aromatic rings. The minimum atomic E-state index is -0.428. The smallest absolute Gasteiger partial charge is 0.245 e. The van der Waals surface area contributed by atoms with E-state index in [1.165, 1.54) is 6.92 Å². The maximum atomic E-state index is 12.8. The van der Waals surface area contributed by atoms with E-state index in [9.17, 15) is 9.59 Å². The standard InChI is InChI=1S/C18H24N4O2S/c1-13(23)20-16(8-10-25-2)18(24)21-9-7-14(11-21)22-12-19-15-5-3-4-6-17(15)22/h3-6,12,14,16H,7-11H2,1-2H3,(H,20,23)/t14-,16-/m0/s1. The van der Waals surface area contributed by atoms with Crippen LogP contribution in [-0.2, 0) is 9.59 Å². The number of para-hydroxylation sites is 2. The van der Waals surface area contributed by atoms with Crippen molar-refractivity contribution in [2.75, 3.05) is 25.1 Å². The maximum Gasteiger partial charge on any atom is 0.245 e. The summed E-state index contributed by atoms with van der Waals surface area (Å²) >= 11 is 1.68. The van der Waals surface area contributed by atoms with Crippen molar-refractivity contribution in [3.63, 3.8) is 0 Å². The summed E-state index contributed by atoms with van der Waals surface area (Å²) in [6.45, 7) is 2.84. The van der Waals surface area contributed by atoms with E-state index >= 15 is 0 Å². The third kappa shape index (κ3) is 3.98. The van der Waals surface area contributed by atoms with Crippen molar-refractivity contribution in [3.8, 4) is 0 Å². The third-order valence-electron chi connectivity index (χ3n) is 4.64. The molecule has 25 heavy (non-hydrogen) atoms. The lowest BCUT2D eigenvalue weighted by Gasteiger charge is -2.24. The molecular formula is C18H24N4O2S. The van der Waals surface area contributed by atoms with Crippen molar-refractivity contribution in [1.82, 2.24) is 19.8 Å². The fourth-order valence-electron chi connectivity index (χ4n) is 3.40. The first-order valence-corrected chi connectivity index (χ1v) is 9.96. The molecule has 2 atom stereocenters. The molecule has 1 aliphatic rings. The minimum Gasteiger partial charge on any atom is -0.345 e. The number of hydrogen-bond acceptors (Lipinski definition) is 4. The Kier molecular flexibility index (Phi) is 5.63. The van der Waals surface area contributed by atoms with Gasteiger partial charge in [-0.2, -0.15) is 11.8 Å². The maximum absolute atomic E-state index is 12.8. The zero-order chi connectivity index (χ0) is 17.8. The summed E-state index contributed by atoms with van der Waals surface area (Å²) < 4.78 is 2.16. The molecule has 0 saturated carbocycles. The predicted molar refractivity (Wildman–Crippen MR) is 101 cm³/mol. The topological polar surface area (TPSA) is 67.2 Å². The average Bonchev–Trinajstić information content (AvgIpc) is 3.24. The van der Waals surface area contributed by atoms with Crippen LogP contribution >= 0.6 is 11.8 Å². The molecule has 2 heterocycles. The molecule has 3 rings (SSSR count). The van der Waals surface area contributed by atoms with Gasteiger partial charge in [0.05, 0.1) is 23.4 Å². The number of rotatable bonds is 6. The summed E-state index contributed by atoms with van der Waals surface area (Å²) in [5.41, 5.74) is 2.07. The van der Waals surface area contributed by atoms with Crippen LogP contribution in [0.5, 0.6) is 0 Å². The van der Waals surface area contributed by atoms with Gasteiger partial charge in [-0.15, -0.1) is 0 Å². The predicted octanol–water partition coefficient (Wildman–Crippen LogP) is 2.07. The van der Waals surface area contributed by atoms with E-state index in [1.807, 2.05) is 35.7 Å². The van der Waals surface area contributed by atoms with Gasteiger partial charge in [0.15, 0.2) is 0 Å². The lowest BCUT2D eigenvalue weighted by molar-refractivity contribution is -0.135. The van der Waals surface area contributed by atoms with Crippen LogP contribution in [0.4, 0.5) is 0 Å². The molecule has 0 unspecified atom stereocenters. The van der Waals surface area contributed by atoms with Crippen molar-refractivity contribution >= 4 is 34.6 Å². The summed E-state index contributed by atoms with van der Waals surface area (Å²) in [6.07, 6.45) is 5.43. The number of carbonyl (C=O) groups excluding carboxylic acids is 2. The summed E-state index contributed by atoms with van der Waals surface area (Å²) in [5, 5.41) is 2.81. The van der Waals surface area contributed by atoms with Gasteiger partial charge in [0.2, 0.25) is 11.8 Å². The second-order valence-corrected chi connectivity index (χ2v) is 7.39. The number of imidazole rings is 1. The first-order chi connectivity index (χ1) is 12.1. The van der Waals surface area contributed by atoms with E-state index in [0.29, 0.717) is 19.5 Å². The molecule has 1 aromatic heterocycles. The van der Waals surface area contributed by atoms with Gasteiger partial charge >= 0.3 is 0 Å². The Bertz CT molecular complexity index is 760. The lowest BCUT2D eigenvalue weighted by Crippen LogP contribution is -2.47. The quantitative estimate of drug-likeness (QED) is 0.856. The number of benzene rings is 1. The van der Waals surface area contributed by atoms with Crippen LogP contribution in [-0.4, -0.2) is 57.4 Å². The monoisotopic (exact) mass is 360 g/mol. The molecule has 6 nitrogen and oxygen atoms in total. The molecule has 0 radical (unpaired) electrons. The first kappa shape index (κ1) is 17.8. The molecule has 134 valence electrons. The van der Waals surface area contributed by atoms with E-state index in [0.717, 1.165) is 23.2 Å². The zero-order valence-electron chi connectivity index (χ0n) is 14.6. The lowest BCUT2D eigenvalue weighted by atomic mass is 10.2. The Labute approximate surface area is 152 Å². The molecule has 7 heteroatoms. The van der Waals surface area contributed by atoms with Crippen LogP contribution in [0.25, 0.3) is 11.0 Å². The van der Waals surface area contributed by atoms with E-state index in [-0.39, 0.29) is 17.9 Å². The molecule has 1 aromatic carbocycles. The van der Waals surface area contributed by atoms with Gasteiger partial charge in [-0.1, -0.05) is 12.1 Å². The van der Waals surface area contributed by atoms with Crippen LogP contribution in [0, 0.1) is 0 Å². The van der Waals surface area contributed by atoms with Crippen LogP contribution in [0.1, 0.15) is 25.8 Å². The highest BCUT2D eigenvalue weighted by Gasteiger charge is 2.32. The number of fused-ring (bicyclic) bond motifs is 1. The summed E-state index contributed by atoms with van der Waals surface area (Å²) in [6, 6.07) is 7.85. The van der Waals surface area contributed by atoms with Gasteiger partial charge in [-0.25, -0.2) is 4.98 Å². The molecule has 1 N–H and O–H groups in total. The van der Waals surface area contributed by atoms with Crippen molar-refractivity contribution in [2.24, 2.45) is 0 Å². The fourth-order valence-corrected chi connectivity index (χ4v) is 3.87. The first-order valence-electron chi connectivity index (χ1n) is 8.56. The van der Waals surface area contributed by atoms with Crippen LogP contribution in [0.15, 0.2) is 30.6 Å². The highest BCUT2D eigenvalue weighted by molar-refractivity contribution is 7.98. The van der Waals surface area contributed by atoms with Crippen molar-refractivity contribution in [1.29, 1.82) is 0 Å². The largest absolute Gasteiger partial charge is 0.345 e. The van der Waals surface area contributed by atoms with Crippen LogP contribution in [0.2, 0.25) is 0 Å². The zero-order valence-corrected chi connectivity index (χ0v) is 15.5. The minimum absolute atomic E-state index is 0.0242. The number of carbonyl (C=O) groups is 2. The normalized spacial score (nSPS) is 18.5. The number of amides is 2. The SMILES string of the molecule is CSCC[C@H](NC(C)=O)C(=O)N1CC[C@H](n2cnc3ccccc32)C1. The second kappa shape index (κ2) is 7.91. The third-order valence-corrected chi connectivity index (χ3v) is 5.28. The van der Waals surface area contributed by atoms with Crippen molar-refractivity contribution in [3.05, 3.63) is 30.6 Å². The summed E-state index contributed by atoms with van der Waals surface area (Å²) in [4.78, 5) is 30.6. The molecule has 1 saturated heterocycles. The molecular weight excluding hydrogens is 336 g/mol. The van der Waals surface area contributed by atoms with Gasteiger partial charge in [0, 0.05) is 20.0 Å². The highest BCUT2D eigenvalue weighted by atomic mass is 32.2. The summed E-state index contributed by atoms with van der Waals surface area (Å²) in [7, 11) is 0. The molecule has 0 aliphatic carbocycles. The highest BCUT2D eigenvalue weighted by Crippen LogP contribution is 2.26. The van der Waals surface area contributed by atoms with Crippen molar-refractivity contribution < 1.29 is 9.59 Å². The number of nitrogens with one attached hydrogen (secondary N) is 1. The van der Waals surface area contributed by atoms with Gasteiger partial charge in [-0.3, -0.25) is 9.59 Å². The van der Waals surface area contributed by atoms with E-state index in [2.05, 4.69) is 20.9 Å². The van der Waals surface area contributed by atoms with Gasteiger partial charge in [0.25, 0.3) is 0 Å². The summed E-state index contributed by atoms with van der Waals surface area (Å²) in [5.74, 6) is 0.715. The molecule has 1 fully saturated rings. The van der Waals surface area contributed by atoms with Crippen LogP contribution in [0.3, 0.4) is 0 Å². The van der Waals surface area contributed by atoms with Crippen LogP contribution < -0.4 is 5.32 Å². The van der Waals surface area contributed by atoms with Gasteiger partial charge < -0.3 is 14.8 Å². The Morgan fingerprint density at radius 2 is 2.20 bits per heavy atom.